The third-order valence-corrected chi connectivity index (χ3v) is 4.82. The van der Waals surface area contributed by atoms with Gasteiger partial charge in [-0.15, -0.1) is 0 Å². The topological polar surface area (TPSA) is 9.23 Å². The lowest BCUT2D eigenvalue weighted by Crippen LogP contribution is -1.98. The molecule has 0 aliphatic rings. The smallest absolute Gasteiger partial charge is 0.137 e. The van der Waals surface area contributed by atoms with E-state index in [4.69, 9.17) is 4.74 Å². The molecule has 0 radical (unpaired) electrons. The first-order valence-corrected chi connectivity index (χ1v) is 7.95. The summed E-state index contributed by atoms with van der Waals surface area (Å²) in [5.41, 5.74) is 1.93. The lowest BCUT2D eigenvalue weighted by Gasteiger charge is -2.15. The van der Waals surface area contributed by atoms with Crippen LogP contribution in [0.5, 0.6) is 5.75 Å². The Balaban J connectivity index is 2.45. The Hall–Kier alpha value is -0.390. The van der Waals surface area contributed by atoms with Crippen LogP contribution in [-0.4, -0.2) is 7.11 Å². The van der Waals surface area contributed by atoms with E-state index >= 15 is 0 Å². The summed E-state index contributed by atoms with van der Waals surface area (Å²) in [7, 11) is 1.63. The van der Waals surface area contributed by atoms with Gasteiger partial charge in [-0.1, -0.05) is 37.9 Å². The van der Waals surface area contributed by atoms with Gasteiger partial charge >= 0.3 is 0 Å². The average Bonchev–Trinajstić information content (AvgIpc) is 2.41. The van der Waals surface area contributed by atoms with Crippen LogP contribution in [0.25, 0.3) is 0 Å². The third kappa shape index (κ3) is 3.38. The van der Waals surface area contributed by atoms with Crippen molar-refractivity contribution in [1.29, 1.82) is 0 Å². The van der Waals surface area contributed by atoms with E-state index in [1.807, 2.05) is 18.2 Å². The van der Waals surface area contributed by atoms with E-state index in [0.29, 0.717) is 4.47 Å². The predicted molar refractivity (Wildman–Crippen MR) is 85.6 cm³/mol. The summed E-state index contributed by atoms with van der Waals surface area (Å²) >= 11 is 10.3. The van der Waals surface area contributed by atoms with Crippen molar-refractivity contribution in [3.05, 3.63) is 62.3 Å². The largest absolute Gasteiger partial charge is 0.496 e. The zero-order valence-electron chi connectivity index (χ0n) is 9.96. The number of alkyl halides is 1. The maximum absolute atomic E-state index is 13.3. The van der Waals surface area contributed by atoms with Crippen LogP contribution < -0.4 is 4.74 Å². The van der Waals surface area contributed by atoms with Crippen LogP contribution in [0.2, 0.25) is 0 Å². The first-order valence-electron chi connectivity index (χ1n) is 5.45. The molecule has 1 nitrogen and oxygen atoms in total. The Kier molecular flexibility index (Phi) is 5.03. The van der Waals surface area contributed by atoms with Crippen molar-refractivity contribution in [1.82, 2.24) is 0 Å². The minimum absolute atomic E-state index is 0.0724. The quantitative estimate of drug-likeness (QED) is 0.531. The predicted octanol–water partition coefficient (Wildman–Crippen LogP) is 5.84. The van der Waals surface area contributed by atoms with Crippen molar-refractivity contribution < 1.29 is 9.13 Å². The molecule has 0 saturated carbocycles. The van der Waals surface area contributed by atoms with Gasteiger partial charge in [0.05, 0.1) is 16.4 Å². The number of methoxy groups -OCH3 is 1. The van der Waals surface area contributed by atoms with E-state index in [1.165, 1.54) is 6.07 Å². The van der Waals surface area contributed by atoms with Crippen molar-refractivity contribution in [3.63, 3.8) is 0 Å². The highest BCUT2D eigenvalue weighted by Gasteiger charge is 2.16. The Morgan fingerprint density at radius 2 is 1.84 bits per heavy atom. The summed E-state index contributed by atoms with van der Waals surface area (Å²) in [5, 5.41) is 0. The molecule has 19 heavy (non-hydrogen) atoms. The molecule has 2 aromatic rings. The molecule has 0 aliphatic heterocycles. The Morgan fingerprint density at radius 3 is 2.47 bits per heavy atom. The van der Waals surface area contributed by atoms with E-state index in [0.717, 1.165) is 21.3 Å². The molecule has 0 bridgehead atoms. The summed E-state index contributed by atoms with van der Waals surface area (Å²) in [6.45, 7) is 0. The molecule has 0 fully saturated rings. The molecular weight excluding hydrogens is 443 g/mol. The van der Waals surface area contributed by atoms with Crippen LogP contribution in [0.3, 0.4) is 0 Å². The monoisotopic (exact) mass is 450 g/mol. The van der Waals surface area contributed by atoms with Gasteiger partial charge in [0, 0.05) is 10.0 Å². The second-order valence-corrected chi connectivity index (χ2v) is 6.61. The van der Waals surface area contributed by atoms with Gasteiger partial charge in [0.1, 0.15) is 11.6 Å². The number of ether oxygens (including phenoxy) is 1. The molecule has 0 saturated heterocycles. The maximum atomic E-state index is 13.3. The Morgan fingerprint density at radius 1 is 1.11 bits per heavy atom. The molecule has 0 aromatic heterocycles. The van der Waals surface area contributed by atoms with Crippen LogP contribution >= 0.6 is 47.8 Å². The lowest BCUT2D eigenvalue weighted by atomic mass is 10.0. The standard InChI is InChI=1S/C14H10Br3FO/c1-19-13-5-3-9(15)7-10(13)14(17)8-2-4-12(18)11(16)6-8/h2-7,14H,1H3. The second kappa shape index (κ2) is 6.37. The molecule has 100 valence electrons. The van der Waals surface area contributed by atoms with Gasteiger partial charge in [-0.05, 0) is 51.8 Å². The van der Waals surface area contributed by atoms with E-state index in [9.17, 15) is 4.39 Å². The van der Waals surface area contributed by atoms with Gasteiger partial charge in [0.25, 0.3) is 0 Å². The molecule has 0 N–H and O–H groups in total. The summed E-state index contributed by atoms with van der Waals surface area (Å²) in [6.07, 6.45) is 0. The molecule has 0 amide bonds. The number of hydrogen-bond acceptors (Lipinski definition) is 1. The first-order chi connectivity index (χ1) is 9.02. The van der Waals surface area contributed by atoms with Crippen molar-refractivity contribution in [2.75, 3.05) is 7.11 Å². The molecular formula is C14H10Br3FO. The molecule has 0 heterocycles. The van der Waals surface area contributed by atoms with Crippen molar-refractivity contribution in [3.8, 4) is 5.75 Å². The Bertz CT molecular complexity index is 601. The van der Waals surface area contributed by atoms with Gasteiger partial charge in [0.15, 0.2) is 0 Å². The average molecular weight is 453 g/mol. The maximum Gasteiger partial charge on any atom is 0.137 e. The van der Waals surface area contributed by atoms with Gasteiger partial charge in [-0.25, -0.2) is 4.39 Å². The van der Waals surface area contributed by atoms with Gasteiger partial charge in [-0.2, -0.15) is 0 Å². The molecule has 2 rings (SSSR count). The van der Waals surface area contributed by atoms with Crippen molar-refractivity contribution in [2.24, 2.45) is 0 Å². The summed E-state index contributed by atoms with van der Waals surface area (Å²) in [6, 6.07) is 10.7. The van der Waals surface area contributed by atoms with E-state index in [2.05, 4.69) is 47.8 Å². The van der Waals surface area contributed by atoms with E-state index in [-0.39, 0.29) is 10.6 Å². The van der Waals surface area contributed by atoms with Crippen LogP contribution in [0.15, 0.2) is 45.3 Å². The fraction of sp³-hybridized carbons (Fsp3) is 0.143. The van der Waals surface area contributed by atoms with E-state index < -0.39 is 0 Å². The van der Waals surface area contributed by atoms with E-state index in [1.54, 1.807) is 19.2 Å². The van der Waals surface area contributed by atoms with Crippen LogP contribution in [-0.2, 0) is 0 Å². The number of rotatable bonds is 3. The fourth-order valence-corrected chi connectivity index (χ4v) is 3.17. The highest BCUT2D eigenvalue weighted by atomic mass is 79.9. The summed E-state index contributed by atoms with van der Waals surface area (Å²) in [4.78, 5) is -0.0724. The second-order valence-electron chi connectivity index (χ2n) is 3.92. The summed E-state index contributed by atoms with van der Waals surface area (Å²) < 4.78 is 20.1. The zero-order chi connectivity index (χ0) is 14.0. The third-order valence-electron chi connectivity index (χ3n) is 2.70. The molecule has 1 unspecified atom stereocenters. The molecule has 5 heteroatoms. The minimum atomic E-state index is -0.273. The molecule has 2 aromatic carbocycles. The summed E-state index contributed by atoms with van der Waals surface area (Å²) in [5.74, 6) is 0.509. The van der Waals surface area contributed by atoms with Gasteiger partial charge in [-0.3, -0.25) is 0 Å². The zero-order valence-corrected chi connectivity index (χ0v) is 14.7. The Labute approximate surface area is 136 Å². The minimum Gasteiger partial charge on any atom is -0.496 e. The SMILES string of the molecule is COc1ccc(Br)cc1C(Br)c1ccc(F)c(Br)c1. The van der Waals surface area contributed by atoms with Crippen molar-refractivity contribution in [2.45, 2.75) is 4.83 Å². The van der Waals surface area contributed by atoms with Crippen LogP contribution in [0, 0.1) is 5.82 Å². The molecule has 1 atom stereocenters. The van der Waals surface area contributed by atoms with Crippen LogP contribution in [0.4, 0.5) is 4.39 Å². The highest BCUT2D eigenvalue weighted by Crippen LogP contribution is 2.39. The van der Waals surface area contributed by atoms with Crippen molar-refractivity contribution >= 4 is 47.8 Å². The number of hydrogen-bond donors (Lipinski definition) is 0. The van der Waals surface area contributed by atoms with Crippen LogP contribution in [0.1, 0.15) is 16.0 Å². The number of halogens is 4. The molecule has 0 aliphatic carbocycles. The fourth-order valence-electron chi connectivity index (χ4n) is 1.75. The lowest BCUT2D eigenvalue weighted by molar-refractivity contribution is 0.410. The first kappa shape index (κ1) is 15.0. The normalized spacial score (nSPS) is 12.3. The highest BCUT2D eigenvalue weighted by molar-refractivity contribution is 9.11. The van der Waals surface area contributed by atoms with Gasteiger partial charge in [0.2, 0.25) is 0 Å². The van der Waals surface area contributed by atoms with Gasteiger partial charge < -0.3 is 4.74 Å². The molecule has 0 spiro atoms. The number of benzene rings is 2.